The molecule has 1 aliphatic heterocycles. The van der Waals surface area contributed by atoms with Gasteiger partial charge in [0.25, 0.3) is 0 Å². The van der Waals surface area contributed by atoms with E-state index in [1.165, 1.54) is 0 Å². The highest BCUT2D eigenvalue weighted by Crippen LogP contribution is 2.44. The fourth-order valence-electron chi connectivity index (χ4n) is 3.72. The normalized spacial score (nSPS) is 12.7. The van der Waals surface area contributed by atoms with Crippen LogP contribution in [0.15, 0.2) is 36.5 Å². The number of hydrogen-bond donors (Lipinski definition) is 0. The summed E-state index contributed by atoms with van der Waals surface area (Å²) in [5, 5.41) is 4.74. The molecule has 0 amide bonds. The summed E-state index contributed by atoms with van der Waals surface area (Å²) in [5.41, 5.74) is 0.865. The first kappa shape index (κ1) is 15.8. The van der Waals surface area contributed by atoms with E-state index in [-0.39, 0.29) is 6.79 Å². The molecular formula is C21H17NO5. The first-order chi connectivity index (χ1) is 13.2. The van der Waals surface area contributed by atoms with Crippen LogP contribution in [-0.4, -0.2) is 33.1 Å². The number of ether oxygens (including phenoxy) is 5. The third-order valence-electron chi connectivity index (χ3n) is 4.98. The number of methoxy groups -OCH3 is 3. The van der Waals surface area contributed by atoms with E-state index in [2.05, 4.69) is 0 Å². The zero-order valence-electron chi connectivity index (χ0n) is 15.2. The van der Waals surface area contributed by atoms with Crippen molar-refractivity contribution in [1.29, 1.82) is 0 Å². The van der Waals surface area contributed by atoms with E-state index >= 15 is 0 Å². The first-order valence-corrected chi connectivity index (χ1v) is 8.49. The Morgan fingerprint density at radius 1 is 0.741 bits per heavy atom. The van der Waals surface area contributed by atoms with Crippen molar-refractivity contribution in [1.82, 2.24) is 4.98 Å². The highest BCUT2D eigenvalue weighted by molar-refractivity contribution is 6.18. The van der Waals surface area contributed by atoms with E-state index in [1.807, 2.05) is 36.5 Å². The van der Waals surface area contributed by atoms with Crippen LogP contribution in [0.4, 0.5) is 0 Å². The Kier molecular flexibility index (Phi) is 3.40. The molecule has 0 bridgehead atoms. The molecule has 0 fully saturated rings. The van der Waals surface area contributed by atoms with Gasteiger partial charge in [0.15, 0.2) is 23.0 Å². The quantitative estimate of drug-likeness (QED) is 0.506. The van der Waals surface area contributed by atoms with E-state index < -0.39 is 0 Å². The van der Waals surface area contributed by atoms with Gasteiger partial charge in [0.1, 0.15) is 5.75 Å². The molecule has 0 atom stereocenters. The summed E-state index contributed by atoms with van der Waals surface area (Å²) >= 11 is 0. The Morgan fingerprint density at radius 3 is 2.15 bits per heavy atom. The fraction of sp³-hybridized carbons (Fsp3) is 0.190. The maximum atomic E-state index is 5.67. The van der Waals surface area contributed by atoms with E-state index in [0.717, 1.165) is 38.2 Å². The monoisotopic (exact) mass is 363 g/mol. The predicted octanol–water partition coefficient (Wildman–Crippen LogP) is 4.30. The van der Waals surface area contributed by atoms with Gasteiger partial charge < -0.3 is 23.7 Å². The molecule has 6 nitrogen and oxygen atoms in total. The molecule has 0 aliphatic carbocycles. The lowest BCUT2D eigenvalue weighted by Crippen LogP contribution is -1.94. The van der Waals surface area contributed by atoms with Gasteiger partial charge in [-0.1, -0.05) is 0 Å². The lowest BCUT2D eigenvalue weighted by atomic mass is 9.99. The topological polar surface area (TPSA) is 59.0 Å². The van der Waals surface area contributed by atoms with Gasteiger partial charge in [-0.05, 0) is 35.7 Å². The highest BCUT2D eigenvalue weighted by atomic mass is 16.7. The van der Waals surface area contributed by atoms with Crippen molar-refractivity contribution >= 4 is 32.4 Å². The molecular weight excluding hydrogens is 346 g/mol. The second-order valence-corrected chi connectivity index (χ2v) is 6.25. The van der Waals surface area contributed by atoms with Crippen molar-refractivity contribution in [3.63, 3.8) is 0 Å². The third-order valence-corrected chi connectivity index (χ3v) is 4.98. The number of hydrogen-bond acceptors (Lipinski definition) is 6. The summed E-state index contributed by atoms with van der Waals surface area (Å²) in [6, 6.07) is 9.82. The number of fused-ring (bicyclic) bond motifs is 6. The van der Waals surface area contributed by atoms with Crippen LogP contribution in [-0.2, 0) is 0 Å². The molecule has 6 heteroatoms. The number of aromatic nitrogens is 1. The zero-order chi connectivity index (χ0) is 18.5. The number of pyridine rings is 1. The second kappa shape index (κ2) is 5.81. The minimum absolute atomic E-state index is 0.221. The van der Waals surface area contributed by atoms with Crippen molar-refractivity contribution in [3.05, 3.63) is 36.5 Å². The van der Waals surface area contributed by atoms with Gasteiger partial charge in [0, 0.05) is 27.7 Å². The van der Waals surface area contributed by atoms with Crippen molar-refractivity contribution in [2.75, 3.05) is 28.1 Å². The molecule has 2 heterocycles. The summed E-state index contributed by atoms with van der Waals surface area (Å²) in [5.74, 6) is 3.51. The lowest BCUT2D eigenvalue weighted by Gasteiger charge is -2.14. The van der Waals surface area contributed by atoms with Crippen LogP contribution in [0.5, 0.6) is 28.7 Å². The summed E-state index contributed by atoms with van der Waals surface area (Å²) in [7, 11) is 4.91. The van der Waals surface area contributed by atoms with Crippen molar-refractivity contribution in [2.45, 2.75) is 0 Å². The Balaban J connectivity index is 1.94. The molecule has 4 aromatic rings. The average molecular weight is 363 g/mol. The van der Waals surface area contributed by atoms with Crippen molar-refractivity contribution in [2.24, 2.45) is 0 Å². The van der Waals surface area contributed by atoms with Crippen molar-refractivity contribution < 1.29 is 23.7 Å². The minimum Gasteiger partial charge on any atom is -0.496 e. The van der Waals surface area contributed by atoms with Gasteiger partial charge in [0.2, 0.25) is 6.79 Å². The smallest absolute Gasteiger partial charge is 0.231 e. The zero-order valence-corrected chi connectivity index (χ0v) is 15.2. The lowest BCUT2D eigenvalue weighted by molar-refractivity contribution is 0.174. The van der Waals surface area contributed by atoms with Gasteiger partial charge in [-0.2, -0.15) is 0 Å². The van der Waals surface area contributed by atoms with Crippen LogP contribution in [0.25, 0.3) is 32.4 Å². The predicted molar refractivity (Wildman–Crippen MR) is 103 cm³/mol. The Labute approximate surface area is 155 Å². The van der Waals surface area contributed by atoms with Crippen LogP contribution < -0.4 is 23.7 Å². The molecule has 5 rings (SSSR count). The molecule has 0 unspecified atom stereocenters. The van der Waals surface area contributed by atoms with E-state index in [9.17, 15) is 0 Å². The summed E-state index contributed by atoms with van der Waals surface area (Å²) in [6.07, 6.45) is 1.81. The van der Waals surface area contributed by atoms with E-state index in [0.29, 0.717) is 23.0 Å². The average Bonchev–Trinajstić information content (AvgIpc) is 3.17. The summed E-state index contributed by atoms with van der Waals surface area (Å²) < 4.78 is 27.7. The molecule has 3 aromatic carbocycles. The van der Waals surface area contributed by atoms with Crippen LogP contribution in [0.3, 0.4) is 0 Å². The van der Waals surface area contributed by atoms with Gasteiger partial charge in [-0.25, -0.2) is 0 Å². The maximum Gasteiger partial charge on any atom is 0.231 e. The van der Waals surface area contributed by atoms with Crippen LogP contribution in [0.2, 0.25) is 0 Å². The van der Waals surface area contributed by atoms with Crippen molar-refractivity contribution in [3.8, 4) is 28.7 Å². The molecule has 0 saturated carbocycles. The Bertz CT molecular complexity index is 1220. The molecule has 1 aromatic heterocycles. The first-order valence-electron chi connectivity index (χ1n) is 8.49. The maximum absolute atomic E-state index is 5.67. The number of rotatable bonds is 3. The number of benzene rings is 3. The molecule has 0 spiro atoms. The second-order valence-electron chi connectivity index (χ2n) is 6.25. The van der Waals surface area contributed by atoms with Gasteiger partial charge >= 0.3 is 0 Å². The van der Waals surface area contributed by atoms with E-state index in [4.69, 9.17) is 28.7 Å². The van der Waals surface area contributed by atoms with E-state index in [1.54, 1.807) is 21.3 Å². The summed E-state index contributed by atoms with van der Waals surface area (Å²) in [4.78, 5) is 4.73. The standard InChI is InChI=1S/C21H17NO5/c1-23-16-5-4-11-13-7-17(24-2)12-6-18-19(27-10-26-18)8-14(12)20(13)22-9-15(11)21(16)25-3/h4-9H,10H2,1-3H3. The van der Waals surface area contributed by atoms with Crippen LogP contribution >= 0.6 is 0 Å². The molecule has 1 aliphatic rings. The number of nitrogens with zero attached hydrogens (tertiary/aromatic N) is 1. The molecule has 0 saturated heterocycles. The minimum atomic E-state index is 0.221. The van der Waals surface area contributed by atoms with Gasteiger partial charge in [0.05, 0.1) is 26.8 Å². The molecule has 0 N–H and O–H groups in total. The fourth-order valence-corrected chi connectivity index (χ4v) is 3.72. The molecule has 27 heavy (non-hydrogen) atoms. The molecule has 136 valence electrons. The third kappa shape index (κ3) is 2.16. The summed E-state index contributed by atoms with van der Waals surface area (Å²) in [6.45, 7) is 0.221. The highest BCUT2D eigenvalue weighted by Gasteiger charge is 2.20. The van der Waals surface area contributed by atoms with Gasteiger partial charge in [-0.3, -0.25) is 4.98 Å². The largest absolute Gasteiger partial charge is 0.496 e. The Morgan fingerprint density at radius 2 is 1.44 bits per heavy atom. The van der Waals surface area contributed by atoms with Crippen LogP contribution in [0.1, 0.15) is 0 Å². The van der Waals surface area contributed by atoms with Crippen LogP contribution in [0, 0.1) is 0 Å². The SMILES string of the molecule is COc1ccc2c(cnc3c4cc5c(cc4c(OC)cc23)OCO5)c1OC. The Hall–Kier alpha value is -3.41. The van der Waals surface area contributed by atoms with Gasteiger partial charge in [-0.15, -0.1) is 0 Å². The molecule has 0 radical (unpaired) electrons.